The Morgan fingerprint density at radius 2 is 1.46 bits per heavy atom. The molecule has 0 spiro atoms. The number of hydrogen-bond acceptors (Lipinski definition) is 6. The molecule has 9 nitrogen and oxygen atoms in total. The lowest BCUT2D eigenvalue weighted by Gasteiger charge is -2.12. The third-order valence-corrected chi connectivity index (χ3v) is 5.93. The molecule has 4 rings (SSSR count). The summed E-state index contributed by atoms with van der Waals surface area (Å²) in [5.74, 6) is -0.739. The van der Waals surface area contributed by atoms with Crippen LogP contribution in [0.25, 0.3) is 12.2 Å². The molecule has 0 unspecified atom stereocenters. The summed E-state index contributed by atoms with van der Waals surface area (Å²) < 4.78 is 5.18. The van der Waals surface area contributed by atoms with Crippen molar-refractivity contribution in [2.24, 2.45) is 0 Å². The number of para-hydroxylation sites is 1. The Bertz CT molecular complexity index is 1630. The van der Waals surface area contributed by atoms with Gasteiger partial charge in [0, 0.05) is 22.9 Å². The summed E-state index contributed by atoms with van der Waals surface area (Å²) in [4.78, 5) is 49.3. The maximum absolute atomic E-state index is 13.2. The molecular formula is C32H25N3O6. The molecule has 0 bridgehead atoms. The average Bonchev–Trinajstić information content (AvgIpc) is 3.00. The predicted molar refractivity (Wildman–Crippen MR) is 156 cm³/mol. The molecule has 0 aliphatic rings. The number of benzene rings is 4. The van der Waals surface area contributed by atoms with Gasteiger partial charge in [-0.15, -0.1) is 0 Å². The summed E-state index contributed by atoms with van der Waals surface area (Å²) in [6, 6.07) is 27.7. The van der Waals surface area contributed by atoms with E-state index in [1.807, 2.05) is 0 Å². The van der Waals surface area contributed by atoms with Crippen molar-refractivity contribution in [3.8, 4) is 5.75 Å². The van der Waals surface area contributed by atoms with Crippen LogP contribution in [0.1, 0.15) is 31.8 Å². The van der Waals surface area contributed by atoms with Crippen molar-refractivity contribution in [3.63, 3.8) is 0 Å². The fraction of sp³-hybridized carbons (Fsp3) is 0.0312. The first-order valence-corrected chi connectivity index (χ1v) is 12.4. The first kappa shape index (κ1) is 28.2. The monoisotopic (exact) mass is 547 g/mol. The van der Waals surface area contributed by atoms with Gasteiger partial charge in [0.15, 0.2) is 5.78 Å². The maximum atomic E-state index is 13.2. The van der Waals surface area contributed by atoms with Crippen LogP contribution in [0.15, 0.2) is 115 Å². The van der Waals surface area contributed by atoms with E-state index >= 15 is 0 Å². The van der Waals surface area contributed by atoms with Crippen LogP contribution in [-0.2, 0) is 4.79 Å². The Balaban J connectivity index is 1.50. The second kappa shape index (κ2) is 13.3. The van der Waals surface area contributed by atoms with Crippen molar-refractivity contribution in [1.82, 2.24) is 5.32 Å². The van der Waals surface area contributed by atoms with Gasteiger partial charge in [0.05, 0.1) is 17.6 Å². The number of nitrogens with zero attached hydrogens (tertiary/aromatic N) is 1. The Kier molecular flexibility index (Phi) is 9.14. The van der Waals surface area contributed by atoms with E-state index in [9.17, 15) is 24.5 Å². The zero-order valence-electron chi connectivity index (χ0n) is 21.9. The Labute approximate surface area is 235 Å². The molecule has 0 fully saturated rings. The molecule has 0 radical (unpaired) electrons. The lowest BCUT2D eigenvalue weighted by atomic mass is 10.1. The van der Waals surface area contributed by atoms with E-state index in [1.54, 1.807) is 98.1 Å². The van der Waals surface area contributed by atoms with E-state index < -0.39 is 16.7 Å². The van der Waals surface area contributed by atoms with Gasteiger partial charge in [0.2, 0.25) is 0 Å². The summed E-state index contributed by atoms with van der Waals surface area (Å²) in [5, 5.41) is 16.6. The van der Waals surface area contributed by atoms with Crippen molar-refractivity contribution in [2.45, 2.75) is 0 Å². The first-order valence-electron chi connectivity index (χ1n) is 12.4. The molecule has 0 aromatic heterocycles. The van der Waals surface area contributed by atoms with Gasteiger partial charge >= 0.3 is 0 Å². The Morgan fingerprint density at radius 1 is 0.805 bits per heavy atom. The van der Waals surface area contributed by atoms with Crippen LogP contribution >= 0.6 is 0 Å². The highest BCUT2D eigenvalue weighted by atomic mass is 16.6. The summed E-state index contributed by atoms with van der Waals surface area (Å²) in [5.41, 5.74) is 1.98. The second-order valence-corrected chi connectivity index (χ2v) is 8.70. The number of allylic oxidation sites excluding steroid dienone is 1. The van der Waals surface area contributed by atoms with Gasteiger partial charge in [-0.3, -0.25) is 24.5 Å². The normalized spacial score (nSPS) is 11.1. The van der Waals surface area contributed by atoms with Crippen LogP contribution in [0, 0.1) is 10.1 Å². The summed E-state index contributed by atoms with van der Waals surface area (Å²) in [7, 11) is 1.55. The topological polar surface area (TPSA) is 128 Å². The highest BCUT2D eigenvalue weighted by Gasteiger charge is 2.16. The van der Waals surface area contributed by atoms with Crippen molar-refractivity contribution in [3.05, 3.63) is 147 Å². The quantitative estimate of drug-likeness (QED) is 0.110. The third kappa shape index (κ3) is 7.61. The highest BCUT2D eigenvalue weighted by molar-refractivity contribution is 6.11. The SMILES string of the molecule is COc1ccc(/C=C(\NC(=O)c2ccccc2)C(=O)Nc2ccc(C(=O)/C=C/c3ccccc3[N+](=O)[O-])cc2)cc1. The number of amides is 2. The number of hydrogen-bond donors (Lipinski definition) is 2. The number of nitro benzene ring substituents is 1. The summed E-state index contributed by atoms with van der Waals surface area (Å²) in [6.07, 6.45) is 4.19. The van der Waals surface area contributed by atoms with Crippen LogP contribution in [0.2, 0.25) is 0 Å². The van der Waals surface area contributed by atoms with Gasteiger partial charge in [-0.1, -0.05) is 42.5 Å². The average molecular weight is 548 g/mol. The van der Waals surface area contributed by atoms with Gasteiger partial charge in [-0.2, -0.15) is 0 Å². The van der Waals surface area contributed by atoms with Gasteiger partial charge in [0.1, 0.15) is 11.4 Å². The zero-order valence-corrected chi connectivity index (χ0v) is 21.9. The van der Waals surface area contributed by atoms with Crippen molar-refractivity contribution in [2.75, 3.05) is 12.4 Å². The number of nitrogens with one attached hydrogen (secondary N) is 2. The molecule has 0 aliphatic carbocycles. The van der Waals surface area contributed by atoms with Crippen LogP contribution < -0.4 is 15.4 Å². The van der Waals surface area contributed by atoms with Gasteiger partial charge in [0.25, 0.3) is 17.5 Å². The number of rotatable bonds is 10. The van der Waals surface area contributed by atoms with Gasteiger partial charge < -0.3 is 15.4 Å². The maximum Gasteiger partial charge on any atom is 0.276 e. The van der Waals surface area contributed by atoms with Crippen LogP contribution in [0.4, 0.5) is 11.4 Å². The first-order chi connectivity index (χ1) is 19.8. The third-order valence-electron chi connectivity index (χ3n) is 5.93. The lowest BCUT2D eigenvalue weighted by Crippen LogP contribution is -2.30. The second-order valence-electron chi connectivity index (χ2n) is 8.70. The minimum Gasteiger partial charge on any atom is -0.497 e. The molecule has 4 aromatic carbocycles. The molecule has 0 saturated heterocycles. The number of ether oxygens (including phenoxy) is 1. The number of anilines is 1. The molecule has 2 amide bonds. The van der Waals surface area contributed by atoms with E-state index in [4.69, 9.17) is 4.74 Å². The molecule has 41 heavy (non-hydrogen) atoms. The molecule has 0 atom stereocenters. The van der Waals surface area contributed by atoms with E-state index in [1.165, 1.54) is 30.4 Å². The number of carbonyl (C=O) groups excluding carboxylic acids is 3. The van der Waals surface area contributed by atoms with Crippen molar-refractivity contribution >= 4 is 41.1 Å². The molecular weight excluding hydrogens is 522 g/mol. The number of nitro groups is 1. The predicted octanol–water partition coefficient (Wildman–Crippen LogP) is 5.91. The molecule has 9 heteroatoms. The lowest BCUT2D eigenvalue weighted by molar-refractivity contribution is -0.385. The van der Waals surface area contributed by atoms with E-state index in [0.717, 1.165) is 0 Å². The molecule has 2 N–H and O–H groups in total. The van der Waals surface area contributed by atoms with Crippen LogP contribution in [0.3, 0.4) is 0 Å². The van der Waals surface area contributed by atoms with E-state index in [0.29, 0.717) is 33.7 Å². The number of methoxy groups -OCH3 is 1. The standard InChI is InChI=1S/C32H25N3O6/c1-41-27-18-11-22(12-19-27)21-28(34-31(37)25-8-3-2-4-9-25)32(38)33-26-16-13-24(14-17-26)30(36)20-15-23-7-5-6-10-29(23)35(39)40/h2-21H,1H3,(H,33,38)(H,34,37)/b20-15+,28-21-. The van der Waals surface area contributed by atoms with Crippen molar-refractivity contribution < 1.29 is 24.0 Å². The minimum atomic E-state index is -0.569. The van der Waals surface area contributed by atoms with E-state index in [2.05, 4.69) is 10.6 Å². The van der Waals surface area contributed by atoms with Crippen LogP contribution in [0.5, 0.6) is 5.75 Å². The fourth-order valence-electron chi connectivity index (χ4n) is 3.78. The Hall–Kier alpha value is -5.83. The molecule has 4 aromatic rings. The van der Waals surface area contributed by atoms with E-state index in [-0.39, 0.29) is 17.2 Å². The fourth-order valence-corrected chi connectivity index (χ4v) is 3.78. The number of carbonyl (C=O) groups is 3. The van der Waals surface area contributed by atoms with Crippen LogP contribution in [-0.4, -0.2) is 29.6 Å². The molecule has 0 aliphatic heterocycles. The smallest absolute Gasteiger partial charge is 0.276 e. The highest BCUT2D eigenvalue weighted by Crippen LogP contribution is 2.20. The summed E-state index contributed by atoms with van der Waals surface area (Å²) in [6.45, 7) is 0. The molecule has 0 saturated carbocycles. The summed E-state index contributed by atoms with van der Waals surface area (Å²) >= 11 is 0. The van der Waals surface area contributed by atoms with Gasteiger partial charge in [-0.25, -0.2) is 0 Å². The van der Waals surface area contributed by atoms with Crippen molar-refractivity contribution in [1.29, 1.82) is 0 Å². The number of ketones is 1. The Morgan fingerprint density at radius 3 is 2.12 bits per heavy atom. The minimum absolute atomic E-state index is 0.0107. The van der Waals surface area contributed by atoms with Gasteiger partial charge in [-0.05, 0) is 78.4 Å². The molecule has 204 valence electrons. The zero-order chi connectivity index (χ0) is 29.2. The largest absolute Gasteiger partial charge is 0.497 e. The molecule has 0 heterocycles.